The molecule has 1 aromatic rings. The number of fused-ring (bicyclic) bond motifs is 1. The van der Waals surface area contributed by atoms with Gasteiger partial charge in [0, 0.05) is 17.9 Å². The van der Waals surface area contributed by atoms with Crippen LogP contribution >= 0.6 is 12.4 Å². The van der Waals surface area contributed by atoms with Gasteiger partial charge in [0.05, 0.1) is 0 Å². The highest BCUT2D eigenvalue weighted by atomic mass is 35.5. The number of carbonyl (C=O) groups is 1. The fraction of sp³-hybridized carbons (Fsp3) is 0.682. The Hall–Kier alpha value is -1.46. The number of hydrogen-bond acceptors (Lipinski definition) is 4. The second-order valence-electron chi connectivity index (χ2n) is 9.00. The number of ether oxygens (including phenoxy) is 2. The average Bonchev–Trinajstić information content (AvgIpc) is 3.19. The van der Waals surface area contributed by atoms with Crippen LogP contribution in [0.15, 0.2) is 18.2 Å². The van der Waals surface area contributed by atoms with Crippen LogP contribution < -0.4 is 20.1 Å². The van der Waals surface area contributed by atoms with Crippen molar-refractivity contribution in [3.8, 4) is 11.5 Å². The van der Waals surface area contributed by atoms with E-state index in [9.17, 15) is 4.79 Å². The fourth-order valence-corrected chi connectivity index (χ4v) is 5.60. The van der Waals surface area contributed by atoms with Gasteiger partial charge in [-0.15, -0.1) is 12.4 Å². The minimum absolute atomic E-state index is 0. The Labute approximate surface area is 173 Å². The molecule has 154 valence electrons. The summed E-state index contributed by atoms with van der Waals surface area (Å²) in [6.45, 7) is 3.17. The summed E-state index contributed by atoms with van der Waals surface area (Å²) < 4.78 is 11.1. The molecule has 1 saturated heterocycles. The second kappa shape index (κ2) is 7.75. The molecular formula is C22H31ClN2O3. The maximum atomic E-state index is 12.9. The monoisotopic (exact) mass is 406 g/mol. The molecule has 1 unspecified atom stereocenters. The van der Waals surface area contributed by atoms with Gasteiger partial charge in [0.2, 0.25) is 12.7 Å². The molecule has 5 nitrogen and oxygen atoms in total. The lowest BCUT2D eigenvalue weighted by Crippen LogP contribution is -2.43. The molecule has 0 bridgehead atoms. The predicted molar refractivity (Wildman–Crippen MR) is 110 cm³/mol. The lowest BCUT2D eigenvalue weighted by atomic mass is 9.69. The first kappa shape index (κ1) is 19.8. The molecule has 1 atom stereocenters. The summed E-state index contributed by atoms with van der Waals surface area (Å²) in [5.41, 5.74) is 1.62. The number of carbonyl (C=O) groups excluding carboxylic acids is 1. The van der Waals surface area contributed by atoms with E-state index in [1.54, 1.807) is 0 Å². The lowest BCUT2D eigenvalue weighted by Gasteiger charge is -2.38. The maximum absolute atomic E-state index is 12.9. The van der Waals surface area contributed by atoms with E-state index in [0.717, 1.165) is 63.2 Å². The molecule has 5 rings (SSSR count). The van der Waals surface area contributed by atoms with Gasteiger partial charge < -0.3 is 20.1 Å². The topological polar surface area (TPSA) is 59.6 Å². The first-order valence-corrected chi connectivity index (χ1v) is 10.6. The van der Waals surface area contributed by atoms with E-state index in [-0.39, 0.29) is 29.6 Å². The van der Waals surface area contributed by atoms with E-state index in [1.165, 1.54) is 24.8 Å². The lowest BCUT2D eigenvalue weighted by molar-refractivity contribution is -0.123. The highest BCUT2D eigenvalue weighted by Gasteiger charge is 2.57. The highest BCUT2D eigenvalue weighted by molar-refractivity contribution is 5.85. The molecule has 1 aromatic carbocycles. The molecule has 6 heteroatoms. The third kappa shape index (κ3) is 3.48. The van der Waals surface area contributed by atoms with Gasteiger partial charge in [-0.3, -0.25) is 4.79 Å². The molecule has 2 aliphatic heterocycles. The molecule has 28 heavy (non-hydrogen) atoms. The van der Waals surface area contributed by atoms with Gasteiger partial charge in [-0.1, -0.05) is 25.3 Å². The largest absolute Gasteiger partial charge is 0.454 e. The number of amides is 1. The van der Waals surface area contributed by atoms with Crippen molar-refractivity contribution in [1.82, 2.24) is 10.6 Å². The zero-order valence-corrected chi connectivity index (χ0v) is 17.2. The van der Waals surface area contributed by atoms with Gasteiger partial charge in [-0.2, -0.15) is 0 Å². The van der Waals surface area contributed by atoms with Crippen LogP contribution in [0.4, 0.5) is 0 Å². The molecule has 1 spiro atoms. The smallest absolute Gasteiger partial charge is 0.231 e. The SMILES string of the molecule is Cl.O=C(NCC1(c2ccc3c(c2)OCO3)CCCCC1)C1CC12CCNCC2. The Balaban J connectivity index is 0.00000192. The molecule has 2 heterocycles. The first-order valence-electron chi connectivity index (χ1n) is 10.6. The van der Waals surface area contributed by atoms with Crippen LogP contribution in [-0.2, 0) is 10.2 Å². The Bertz CT molecular complexity index is 726. The molecule has 3 fully saturated rings. The highest BCUT2D eigenvalue weighted by Crippen LogP contribution is 2.58. The van der Waals surface area contributed by atoms with Crippen molar-refractivity contribution in [3.63, 3.8) is 0 Å². The molecule has 4 aliphatic rings. The van der Waals surface area contributed by atoms with Crippen LogP contribution in [0.5, 0.6) is 11.5 Å². The van der Waals surface area contributed by atoms with Gasteiger partial charge in [0.1, 0.15) is 0 Å². The first-order chi connectivity index (χ1) is 13.2. The van der Waals surface area contributed by atoms with Gasteiger partial charge >= 0.3 is 0 Å². The van der Waals surface area contributed by atoms with Crippen LogP contribution in [0.1, 0.15) is 56.9 Å². The Morgan fingerprint density at radius 1 is 1.07 bits per heavy atom. The molecule has 0 aromatic heterocycles. The van der Waals surface area contributed by atoms with Crippen molar-refractivity contribution in [1.29, 1.82) is 0 Å². The average molecular weight is 407 g/mol. The number of piperidine rings is 1. The Morgan fingerprint density at radius 2 is 1.82 bits per heavy atom. The van der Waals surface area contributed by atoms with E-state index in [1.807, 2.05) is 6.07 Å². The number of hydrogen-bond donors (Lipinski definition) is 2. The second-order valence-corrected chi connectivity index (χ2v) is 9.00. The predicted octanol–water partition coefficient (Wildman–Crippen LogP) is 3.54. The summed E-state index contributed by atoms with van der Waals surface area (Å²) in [6, 6.07) is 6.35. The van der Waals surface area contributed by atoms with Crippen LogP contribution in [-0.4, -0.2) is 32.3 Å². The molecule has 2 saturated carbocycles. The van der Waals surface area contributed by atoms with Crippen LogP contribution in [0.3, 0.4) is 0 Å². The molecule has 2 aliphatic carbocycles. The summed E-state index contributed by atoms with van der Waals surface area (Å²) in [5.74, 6) is 2.19. The number of benzene rings is 1. The van der Waals surface area contributed by atoms with Crippen LogP contribution in [0.2, 0.25) is 0 Å². The number of rotatable bonds is 4. The summed E-state index contributed by atoms with van der Waals surface area (Å²) in [5, 5.41) is 6.78. The molecule has 0 radical (unpaired) electrons. The van der Waals surface area contributed by atoms with Crippen molar-refractivity contribution in [3.05, 3.63) is 23.8 Å². The van der Waals surface area contributed by atoms with Crippen LogP contribution in [0.25, 0.3) is 0 Å². The standard InChI is InChI=1S/C22H30N2O3.ClH/c25-20(17-13-21(17)8-10-23-11-9-21)24-14-22(6-2-1-3-7-22)16-4-5-18-19(12-16)27-15-26-18;/h4-5,12,17,23H,1-3,6-11,13-15H2,(H,24,25);1H. The van der Waals surface area contributed by atoms with E-state index in [0.29, 0.717) is 12.2 Å². The van der Waals surface area contributed by atoms with Crippen LogP contribution in [0, 0.1) is 11.3 Å². The Morgan fingerprint density at radius 3 is 2.61 bits per heavy atom. The van der Waals surface area contributed by atoms with Gasteiger partial charge in [-0.25, -0.2) is 0 Å². The van der Waals surface area contributed by atoms with Gasteiger partial charge in [-0.05, 0) is 68.3 Å². The summed E-state index contributed by atoms with van der Waals surface area (Å²) >= 11 is 0. The third-order valence-electron chi connectivity index (χ3n) is 7.50. The van der Waals surface area contributed by atoms with Crippen molar-refractivity contribution in [2.75, 3.05) is 26.4 Å². The molecular weight excluding hydrogens is 376 g/mol. The maximum Gasteiger partial charge on any atom is 0.231 e. The quantitative estimate of drug-likeness (QED) is 0.802. The van der Waals surface area contributed by atoms with Crippen molar-refractivity contribution < 1.29 is 14.3 Å². The van der Waals surface area contributed by atoms with Gasteiger partial charge in [0.25, 0.3) is 0 Å². The van der Waals surface area contributed by atoms with E-state index >= 15 is 0 Å². The van der Waals surface area contributed by atoms with Gasteiger partial charge in [0.15, 0.2) is 11.5 Å². The van der Waals surface area contributed by atoms with Crippen molar-refractivity contribution in [2.45, 2.75) is 56.8 Å². The minimum atomic E-state index is 0. The zero-order chi connectivity index (χ0) is 18.3. The fourth-order valence-electron chi connectivity index (χ4n) is 5.60. The molecule has 2 N–H and O–H groups in total. The third-order valence-corrected chi connectivity index (χ3v) is 7.50. The number of halogens is 1. The Kier molecular flexibility index (Phi) is 5.49. The van der Waals surface area contributed by atoms with Crippen molar-refractivity contribution in [2.24, 2.45) is 11.3 Å². The normalized spacial score (nSPS) is 26.4. The minimum Gasteiger partial charge on any atom is -0.454 e. The summed E-state index contributed by atoms with van der Waals surface area (Å²) in [6.07, 6.45) is 9.39. The van der Waals surface area contributed by atoms with E-state index in [4.69, 9.17) is 9.47 Å². The van der Waals surface area contributed by atoms with E-state index < -0.39 is 0 Å². The summed E-state index contributed by atoms with van der Waals surface area (Å²) in [7, 11) is 0. The number of nitrogens with one attached hydrogen (secondary N) is 2. The zero-order valence-electron chi connectivity index (χ0n) is 16.4. The molecule has 1 amide bonds. The van der Waals surface area contributed by atoms with E-state index in [2.05, 4.69) is 22.8 Å². The van der Waals surface area contributed by atoms with Crippen molar-refractivity contribution >= 4 is 18.3 Å². The summed E-state index contributed by atoms with van der Waals surface area (Å²) in [4.78, 5) is 12.9.